The first-order valence-electron chi connectivity index (χ1n) is 7.54. The fourth-order valence-corrected chi connectivity index (χ4v) is 3.26. The van der Waals surface area contributed by atoms with Crippen molar-refractivity contribution in [1.29, 1.82) is 0 Å². The van der Waals surface area contributed by atoms with E-state index in [4.69, 9.17) is 0 Å². The van der Waals surface area contributed by atoms with Gasteiger partial charge in [0.05, 0.1) is 5.41 Å². The van der Waals surface area contributed by atoms with E-state index in [9.17, 15) is 14.7 Å². The fourth-order valence-electron chi connectivity index (χ4n) is 3.26. The average molecular weight is 267 g/mol. The van der Waals surface area contributed by atoms with Crippen molar-refractivity contribution < 1.29 is 14.7 Å². The van der Waals surface area contributed by atoms with Gasteiger partial charge in [-0.3, -0.25) is 9.59 Å². The molecule has 0 aromatic rings. The molecule has 2 rings (SSSR count). The summed E-state index contributed by atoms with van der Waals surface area (Å²) in [6, 6.07) is 0.351. The predicted molar refractivity (Wildman–Crippen MR) is 72.8 cm³/mol. The van der Waals surface area contributed by atoms with Crippen molar-refractivity contribution in [2.75, 3.05) is 7.05 Å². The van der Waals surface area contributed by atoms with Crippen LogP contribution in [0.25, 0.3) is 0 Å². The maximum absolute atomic E-state index is 12.3. The van der Waals surface area contributed by atoms with Crippen LogP contribution in [0.1, 0.15) is 64.2 Å². The summed E-state index contributed by atoms with van der Waals surface area (Å²) in [6.07, 6.45) is 8.91. The number of amides is 1. The van der Waals surface area contributed by atoms with E-state index in [1.165, 1.54) is 6.42 Å². The third-order valence-electron chi connectivity index (χ3n) is 5.02. The average Bonchev–Trinajstić information content (AvgIpc) is 2.53. The van der Waals surface area contributed by atoms with Gasteiger partial charge >= 0.3 is 5.97 Å². The van der Waals surface area contributed by atoms with Gasteiger partial charge in [0.25, 0.3) is 0 Å². The van der Waals surface area contributed by atoms with Gasteiger partial charge in [-0.05, 0) is 32.1 Å². The molecule has 0 bridgehead atoms. The Morgan fingerprint density at radius 2 is 1.68 bits per heavy atom. The van der Waals surface area contributed by atoms with E-state index in [-0.39, 0.29) is 12.3 Å². The molecular formula is C15H25NO3. The van der Waals surface area contributed by atoms with Crippen molar-refractivity contribution in [3.63, 3.8) is 0 Å². The summed E-state index contributed by atoms with van der Waals surface area (Å²) in [5.41, 5.74) is -0.800. The lowest BCUT2D eigenvalue weighted by Crippen LogP contribution is -2.45. The van der Waals surface area contributed by atoms with E-state index in [1.54, 1.807) is 4.90 Å². The van der Waals surface area contributed by atoms with E-state index in [1.807, 2.05) is 7.05 Å². The van der Waals surface area contributed by atoms with Crippen LogP contribution in [0.2, 0.25) is 0 Å². The lowest BCUT2D eigenvalue weighted by molar-refractivity contribution is -0.155. The minimum Gasteiger partial charge on any atom is -0.481 e. The van der Waals surface area contributed by atoms with Crippen molar-refractivity contribution >= 4 is 11.9 Å². The van der Waals surface area contributed by atoms with Gasteiger partial charge in [0.1, 0.15) is 0 Å². The van der Waals surface area contributed by atoms with Crippen molar-refractivity contribution in [3.8, 4) is 0 Å². The Labute approximate surface area is 115 Å². The summed E-state index contributed by atoms with van der Waals surface area (Å²) in [5.74, 6) is -0.751. The highest BCUT2D eigenvalue weighted by atomic mass is 16.4. The zero-order valence-corrected chi connectivity index (χ0v) is 11.9. The number of rotatable bonds is 4. The van der Waals surface area contributed by atoms with Crippen LogP contribution in [0.3, 0.4) is 0 Å². The number of carboxylic acid groups (broad SMARTS) is 1. The molecule has 0 saturated heterocycles. The van der Waals surface area contributed by atoms with Gasteiger partial charge in [0, 0.05) is 19.5 Å². The van der Waals surface area contributed by atoms with Gasteiger partial charge < -0.3 is 10.0 Å². The minimum atomic E-state index is -0.800. The Morgan fingerprint density at radius 3 is 2.11 bits per heavy atom. The molecule has 2 aliphatic carbocycles. The summed E-state index contributed by atoms with van der Waals surface area (Å²) in [5, 5.41) is 9.58. The number of aliphatic carboxylic acids is 1. The van der Waals surface area contributed by atoms with Crippen LogP contribution in [-0.2, 0) is 9.59 Å². The predicted octanol–water partition coefficient (Wildman–Crippen LogP) is 2.81. The monoisotopic (exact) mass is 267 g/mol. The van der Waals surface area contributed by atoms with Crippen LogP contribution in [0.15, 0.2) is 0 Å². The second-order valence-corrected chi connectivity index (χ2v) is 6.27. The highest BCUT2D eigenvalue weighted by molar-refractivity contribution is 5.85. The quantitative estimate of drug-likeness (QED) is 0.797. The number of hydrogen-bond acceptors (Lipinski definition) is 2. The van der Waals surface area contributed by atoms with Crippen LogP contribution in [0.4, 0.5) is 0 Å². The molecule has 0 radical (unpaired) electrons. The molecular weight excluding hydrogens is 242 g/mol. The molecule has 0 aromatic heterocycles. The smallest absolute Gasteiger partial charge is 0.310 e. The molecule has 19 heavy (non-hydrogen) atoms. The maximum Gasteiger partial charge on any atom is 0.310 e. The van der Waals surface area contributed by atoms with Gasteiger partial charge in [0.15, 0.2) is 0 Å². The topological polar surface area (TPSA) is 57.6 Å². The van der Waals surface area contributed by atoms with Crippen LogP contribution < -0.4 is 0 Å². The van der Waals surface area contributed by atoms with Crippen LogP contribution in [0.5, 0.6) is 0 Å². The molecule has 0 unspecified atom stereocenters. The van der Waals surface area contributed by atoms with E-state index in [2.05, 4.69) is 0 Å². The van der Waals surface area contributed by atoms with E-state index in [0.717, 1.165) is 38.5 Å². The lowest BCUT2D eigenvalue weighted by atomic mass is 9.76. The molecule has 0 atom stereocenters. The molecule has 2 aliphatic rings. The van der Waals surface area contributed by atoms with E-state index >= 15 is 0 Å². The standard InChI is InChI=1S/C15H25NO3/c1-16(12-7-6-8-12)13(17)11-15(14(18)19)9-4-2-3-5-10-15/h12H,2-11H2,1H3,(H,18,19). The summed E-state index contributed by atoms with van der Waals surface area (Å²) in [7, 11) is 1.83. The summed E-state index contributed by atoms with van der Waals surface area (Å²) in [4.78, 5) is 25.8. The van der Waals surface area contributed by atoms with Gasteiger partial charge in [-0.25, -0.2) is 0 Å². The van der Waals surface area contributed by atoms with E-state index < -0.39 is 11.4 Å². The summed E-state index contributed by atoms with van der Waals surface area (Å²) >= 11 is 0. The maximum atomic E-state index is 12.3. The fraction of sp³-hybridized carbons (Fsp3) is 0.867. The largest absolute Gasteiger partial charge is 0.481 e. The van der Waals surface area contributed by atoms with Crippen LogP contribution >= 0.6 is 0 Å². The highest BCUT2D eigenvalue weighted by Gasteiger charge is 2.42. The third-order valence-corrected chi connectivity index (χ3v) is 5.02. The van der Waals surface area contributed by atoms with Crippen molar-refractivity contribution in [2.45, 2.75) is 70.3 Å². The second-order valence-electron chi connectivity index (χ2n) is 6.27. The second kappa shape index (κ2) is 5.93. The van der Waals surface area contributed by atoms with Gasteiger partial charge in [-0.1, -0.05) is 25.7 Å². The Balaban J connectivity index is 2.02. The zero-order chi connectivity index (χ0) is 13.9. The zero-order valence-electron chi connectivity index (χ0n) is 11.9. The molecule has 4 heteroatoms. The highest BCUT2D eigenvalue weighted by Crippen LogP contribution is 2.39. The number of nitrogens with zero attached hydrogens (tertiary/aromatic N) is 1. The first kappa shape index (κ1) is 14.4. The number of carboxylic acids is 1. The van der Waals surface area contributed by atoms with Gasteiger partial charge in [-0.15, -0.1) is 0 Å². The molecule has 0 aromatic carbocycles. The molecule has 0 spiro atoms. The minimum absolute atomic E-state index is 0.0222. The Bertz CT molecular complexity index is 341. The molecule has 2 saturated carbocycles. The van der Waals surface area contributed by atoms with Gasteiger partial charge in [-0.2, -0.15) is 0 Å². The molecule has 0 aliphatic heterocycles. The van der Waals surface area contributed by atoms with Crippen LogP contribution in [0, 0.1) is 5.41 Å². The number of carbonyl (C=O) groups is 2. The summed E-state index contributed by atoms with van der Waals surface area (Å²) < 4.78 is 0. The summed E-state index contributed by atoms with van der Waals surface area (Å²) in [6.45, 7) is 0. The van der Waals surface area contributed by atoms with Crippen molar-refractivity contribution in [3.05, 3.63) is 0 Å². The molecule has 2 fully saturated rings. The molecule has 1 amide bonds. The number of hydrogen-bond donors (Lipinski definition) is 1. The molecule has 1 N–H and O–H groups in total. The first-order chi connectivity index (χ1) is 9.05. The Hall–Kier alpha value is -1.06. The Kier molecular flexibility index (Phi) is 4.48. The molecule has 4 nitrogen and oxygen atoms in total. The normalized spacial score (nSPS) is 23.2. The molecule has 108 valence electrons. The Morgan fingerprint density at radius 1 is 1.11 bits per heavy atom. The SMILES string of the molecule is CN(C(=O)CC1(C(=O)O)CCCCCC1)C1CCC1. The van der Waals surface area contributed by atoms with Gasteiger partial charge in [0.2, 0.25) is 5.91 Å². The van der Waals surface area contributed by atoms with Crippen molar-refractivity contribution in [2.24, 2.45) is 5.41 Å². The number of carbonyl (C=O) groups excluding carboxylic acids is 1. The van der Waals surface area contributed by atoms with Crippen molar-refractivity contribution in [1.82, 2.24) is 4.90 Å². The van der Waals surface area contributed by atoms with Crippen LogP contribution in [-0.4, -0.2) is 35.0 Å². The first-order valence-corrected chi connectivity index (χ1v) is 7.54. The third kappa shape index (κ3) is 3.10. The van der Waals surface area contributed by atoms with E-state index in [0.29, 0.717) is 18.9 Å². The molecule has 0 heterocycles. The lowest BCUT2D eigenvalue weighted by Gasteiger charge is -2.37.